The predicted molar refractivity (Wildman–Crippen MR) is 251 cm³/mol. The Labute approximate surface area is 357 Å². The van der Waals surface area contributed by atoms with E-state index in [4.69, 9.17) is 4.74 Å². The summed E-state index contributed by atoms with van der Waals surface area (Å²) in [4.78, 5) is 2.46. The van der Waals surface area contributed by atoms with Crippen molar-refractivity contribution in [2.24, 2.45) is 23.7 Å². The van der Waals surface area contributed by atoms with Crippen molar-refractivity contribution in [1.29, 1.82) is 0 Å². The normalized spacial score (nSPS) is 22.0. The van der Waals surface area contributed by atoms with Gasteiger partial charge in [-0.05, 0) is 151 Å². The van der Waals surface area contributed by atoms with E-state index in [9.17, 15) is 0 Å². The molecule has 9 aromatic rings. The lowest BCUT2D eigenvalue weighted by molar-refractivity contribution is -0.0452. The highest BCUT2D eigenvalue weighted by atomic mass is 16.5. The van der Waals surface area contributed by atoms with Crippen LogP contribution in [0.15, 0.2) is 194 Å². The van der Waals surface area contributed by atoms with Gasteiger partial charge >= 0.3 is 0 Å². The quantitative estimate of drug-likeness (QED) is 0.167. The fraction of sp³-hybridized carbons (Fsp3) is 0.172. The first kappa shape index (κ1) is 35.0. The van der Waals surface area contributed by atoms with Crippen LogP contribution in [-0.4, -0.2) is 4.57 Å². The van der Waals surface area contributed by atoms with Crippen molar-refractivity contribution in [2.45, 2.75) is 37.5 Å². The first-order valence-electron chi connectivity index (χ1n) is 22.3. The Hall–Kier alpha value is -6.84. The molecule has 0 unspecified atom stereocenters. The van der Waals surface area contributed by atoms with Gasteiger partial charge in [-0.3, -0.25) is 0 Å². The average Bonchev–Trinajstić information content (AvgIpc) is 3.65. The zero-order chi connectivity index (χ0) is 40.1. The lowest BCUT2D eigenvalue weighted by atomic mass is 9.42. The summed E-state index contributed by atoms with van der Waals surface area (Å²) >= 11 is 0. The molecular weight excluding hydrogens is 741 g/mol. The van der Waals surface area contributed by atoms with Gasteiger partial charge in [0.2, 0.25) is 0 Å². The van der Waals surface area contributed by atoms with Gasteiger partial charge in [0.25, 0.3) is 0 Å². The lowest BCUT2D eigenvalue weighted by Gasteiger charge is -2.63. The number of hydrogen-bond acceptors (Lipinski definition) is 2. The van der Waals surface area contributed by atoms with Crippen molar-refractivity contribution in [3.63, 3.8) is 0 Å². The molecule has 4 bridgehead atoms. The van der Waals surface area contributed by atoms with Crippen molar-refractivity contribution in [2.75, 3.05) is 4.90 Å². The first-order valence-corrected chi connectivity index (χ1v) is 22.3. The van der Waals surface area contributed by atoms with Crippen LogP contribution in [0, 0.1) is 23.7 Å². The van der Waals surface area contributed by atoms with Crippen molar-refractivity contribution >= 4 is 38.9 Å². The molecule has 0 radical (unpaired) electrons. The molecule has 8 aromatic carbocycles. The Bertz CT molecular complexity index is 3040. The third kappa shape index (κ3) is 5.36. The van der Waals surface area contributed by atoms with Crippen molar-refractivity contribution < 1.29 is 4.74 Å². The van der Waals surface area contributed by atoms with Gasteiger partial charge in [-0.15, -0.1) is 0 Å². The lowest BCUT2D eigenvalue weighted by Crippen LogP contribution is -2.57. The monoisotopic (exact) mass is 786 g/mol. The second-order valence-corrected chi connectivity index (χ2v) is 18.2. The third-order valence-electron chi connectivity index (χ3n) is 15.0. The van der Waals surface area contributed by atoms with Crippen LogP contribution in [0.3, 0.4) is 0 Å². The molecule has 1 aromatic heterocycles. The molecule has 3 nitrogen and oxygen atoms in total. The smallest absolute Gasteiger partial charge is 0.131 e. The summed E-state index contributed by atoms with van der Waals surface area (Å²) in [5, 5.41) is 2.56. The average molecular weight is 787 g/mol. The standard InChI is InChI=1S/C58H46N2O/c1-2-11-40(12-3-1)43-13-10-14-48(36-43)59(49-29-30-57-53(37-49)58(52-17-6-9-20-56(52)61-57)44-32-38-31-39(34-44)35-45(58)33-38)46-25-21-41(22-26-46)42-23-27-47(28-24-42)60-54-18-7-4-15-50(54)51-16-5-8-19-55(51)60/h1-30,36-39,44-45H,31-35H2. The molecule has 0 atom stereocenters. The van der Waals surface area contributed by atoms with E-state index in [1.54, 1.807) is 0 Å². The molecule has 0 saturated heterocycles. The van der Waals surface area contributed by atoms with E-state index >= 15 is 0 Å². The summed E-state index contributed by atoms with van der Waals surface area (Å²) < 4.78 is 9.23. The number of hydrogen-bond donors (Lipinski definition) is 0. The second kappa shape index (κ2) is 13.6. The number of aromatic nitrogens is 1. The molecule has 3 heteroatoms. The van der Waals surface area contributed by atoms with Crippen molar-refractivity contribution in [1.82, 2.24) is 4.57 Å². The molecule has 1 aliphatic heterocycles. The number of fused-ring (bicyclic) bond motifs is 5. The van der Waals surface area contributed by atoms with E-state index < -0.39 is 0 Å². The van der Waals surface area contributed by atoms with Gasteiger partial charge in [0.05, 0.1) is 11.0 Å². The Balaban J connectivity index is 0.918. The summed E-state index contributed by atoms with van der Waals surface area (Å²) in [7, 11) is 0. The third-order valence-corrected chi connectivity index (χ3v) is 15.0. The van der Waals surface area contributed by atoms with Crippen LogP contribution in [0.5, 0.6) is 11.5 Å². The molecule has 294 valence electrons. The van der Waals surface area contributed by atoms with E-state index in [0.717, 1.165) is 40.4 Å². The summed E-state index contributed by atoms with van der Waals surface area (Å²) in [6.07, 6.45) is 6.74. The zero-order valence-corrected chi connectivity index (χ0v) is 34.1. The molecule has 5 aliphatic rings. The Morgan fingerprint density at radius 2 is 0.951 bits per heavy atom. The Morgan fingerprint density at radius 1 is 0.410 bits per heavy atom. The van der Waals surface area contributed by atoms with Gasteiger partial charge in [0.1, 0.15) is 11.5 Å². The minimum atomic E-state index is -0.0274. The Kier molecular flexibility index (Phi) is 7.79. The van der Waals surface area contributed by atoms with E-state index in [2.05, 4.69) is 204 Å². The van der Waals surface area contributed by atoms with Crippen LogP contribution in [0.1, 0.15) is 43.2 Å². The van der Waals surface area contributed by atoms with Gasteiger partial charge < -0.3 is 14.2 Å². The van der Waals surface area contributed by atoms with Gasteiger partial charge in [-0.25, -0.2) is 0 Å². The summed E-state index contributed by atoms with van der Waals surface area (Å²) in [6, 6.07) is 71.5. The summed E-state index contributed by atoms with van der Waals surface area (Å²) in [6.45, 7) is 0. The molecule has 0 amide bonds. The number of anilines is 3. The largest absolute Gasteiger partial charge is 0.457 e. The SMILES string of the molecule is c1ccc(-c2cccc(N(c3ccc(-c4ccc(-n5c6ccccc6c6ccccc65)cc4)cc3)c3ccc4c(c3)C3(c5ccccc5O4)C4CC5CC(C4)CC3C5)c2)cc1. The highest BCUT2D eigenvalue weighted by molar-refractivity contribution is 6.09. The highest BCUT2D eigenvalue weighted by Crippen LogP contribution is 2.69. The number of benzene rings is 8. The number of para-hydroxylation sites is 3. The van der Waals surface area contributed by atoms with Crippen LogP contribution in [-0.2, 0) is 5.41 Å². The van der Waals surface area contributed by atoms with E-state index in [1.165, 1.54) is 93.0 Å². The number of nitrogens with zero attached hydrogens (tertiary/aromatic N) is 2. The molecule has 14 rings (SSSR count). The maximum absolute atomic E-state index is 6.85. The molecule has 4 fully saturated rings. The maximum atomic E-state index is 6.85. The number of rotatable bonds is 6. The van der Waals surface area contributed by atoms with Crippen molar-refractivity contribution in [3.05, 3.63) is 205 Å². The summed E-state index contributed by atoms with van der Waals surface area (Å²) in [5.74, 6) is 5.11. The van der Waals surface area contributed by atoms with Gasteiger partial charge in [0.15, 0.2) is 0 Å². The topological polar surface area (TPSA) is 17.4 Å². The van der Waals surface area contributed by atoms with Gasteiger partial charge in [0, 0.05) is 50.1 Å². The Morgan fingerprint density at radius 3 is 1.66 bits per heavy atom. The van der Waals surface area contributed by atoms with E-state index in [1.807, 2.05) is 0 Å². The second-order valence-electron chi connectivity index (χ2n) is 18.2. The van der Waals surface area contributed by atoms with E-state index in [0.29, 0.717) is 11.8 Å². The molecule has 4 aliphatic carbocycles. The molecule has 1 spiro atoms. The minimum absolute atomic E-state index is 0.0274. The molecule has 4 saturated carbocycles. The molecular formula is C58H46N2O. The molecule has 61 heavy (non-hydrogen) atoms. The molecule has 0 N–H and O–H groups in total. The van der Waals surface area contributed by atoms with Crippen LogP contribution in [0.25, 0.3) is 49.7 Å². The van der Waals surface area contributed by atoms with Crippen LogP contribution in [0.4, 0.5) is 17.1 Å². The highest BCUT2D eigenvalue weighted by Gasteiger charge is 2.61. The fourth-order valence-corrected chi connectivity index (χ4v) is 12.7. The van der Waals surface area contributed by atoms with Crippen LogP contribution in [0.2, 0.25) is 0 Å². The summed E-state index contributed by atoms with van der Waals surface area (Å²) in [5.41, 5.74) is 14.6. The fourth-order valence-electron chi connectivity index (χ4n) is 12.7. The minimum Gasteiger partial charge on any atom is -0.457 e. The molecule has 2 heterocycles. The van der Waals surface area contributed by atoms with Crippen molar-refractivity contribution in [3.8, 4) is 39.4 Å². The van der Waals surface area contributed by atoms with E-state index in [-0.39, 0.29) is 5.41 Å². The zero-order valence-electron chi connectivity index (χ0n) is 34.1. The van der Waals surface area contributed by atoms with Crippen LogP contribution >= 0.6 is 0 Å². The maximum Gasteiger partial charge on any atom is 0.131 e. The first-order chi connectivity index (χ1) is 30.2. The van der Waals surface area contributed by atoms with Gasteiger partial charge in [-0.1, -0.05) is 121 Å². The van der Waals surface area contributed by atoms with Crippen LogP contribution < -0.4 is 9.64 Å². The predicted octanol–water partition coefficient (Wildman–Crippen LogP) is 15.4. The number of ether oxygens (including phenoxy) is 1. The van der Waals surface area contributed by atoms with Gasteiger partial charge in [-0.2, -0.15) is 0 Å².